The van der Waals surface area contributed by atoms with Gasteiger partial charge in [0, 0.05) is 37.1 Å². The van der Waals surface area contributed by atoms with E-state index in [9.17, 15) is 4.79 Å². The van der Waals surface area contributed by atoms with E-state index in [4.69, 9.17) is 4.74 Å². The summed E-state index contributed by atoms with van der Waals surface area (Å²) in [6, 6.07) is 16.5. The van der Waals surface area contributed by atoms with E-state index in [1.54, 1.807) is 18.3 Å². The first kappa shape index (κ1) is 21.1. The maximum atomic E-state index is 12.5. The number of nitrogens with zero attached hydrogens (tertiary/aromatic N) is 3. The highest BCUT2D eigenvalue weighted by molar-refractivity contribution is 6.04. The van der Waals surface area contributed by atoms with Gasteiger partial charge in [-0.25, -0.2) is 0 Å². The third-order valence-electron chi connectivity index (χ3n) is 4.45. The highest BCUT2D eigenvalue weighted by atomic mass is 16.5. The molecule has 0 aliphatic carbocycles. The number of carbonyl (C=O) groups is 1. The van der Waals surface area contributed by atoms with E-state index < -0.39 is 0 Å². The Balaban J connectivity index is 1.57. The Hall–Kier alpha value is -3.61. The number of rotatable bonds is 9. The van der Waals surface area contributed by atoms with Gasteiger partial charge in [-0.1, -0.05) is 13.3 Å². The van der Waals surface area contributed by atoms with Crippen molar-refractivity contribution in [2.24, 2.45) is 0 Å². The minimum Gasteiger partial charge on any atom is -0.494 e. The van der Waals surface area contributed by atoms with E-state index in [0.717, 1.165) is 30.0 Å². The van der Waals surface area contributed by atoms with Crippen molar-refractivity contribution in [2.45, 2.75) is 19.8 Å². The van der Waals surface area contributed by atoms with Crippen LogP contribution in [-0.4, -0.2) is 36.8 Å². The lowest BCUT2D eigenvalue weighted by Crippen LogP contribution is -2.11. The number of benzene rings is 2. The summed E-state index contributed by atoms with van der Waals surface area (Å²) in [4.78, 5) is 14.4. The van der Waals surface area contributed by atoms with Crippen molar-refractivity contribution < 1.29 is 9.53 Å². The van der Waals surface area contributed by atoms with Crippen LogP contribution in [0, 0.1) is 0 Å². The van der Waals surface area contributed by atoms with Gasteiger partial charge in [0.15, 0.2) is 5.82 Å². The highest BCUT2D eigenvalue weighted by Gasteiger charge is 2.07. The van der Waals surface area contributed by atoms with Gasteiger partial charge in [-0.05, 0) is 55.0 Å². The van der Waals surface area contributed by atoms with Crippen LogP contribution in [0.25, 0.3) is 0 Å². The third kappa shape index (κ3) is 5.94. The molecule has 2 N–H and O–H groups in total. The first-order valence-corrected chi connectivity index (χ1v) is 9.96. The van der Waals surface area contributed by atoms with Crippen LogP contribution in [-0.2, 0) is 0 Å². The van der Waals surface area contributed by atoms with Gasteiger partial charge in [-0.15, -0.1) is 5.10 Å². The summed E-state index contributed by atoms with van der Waals surface area (Å²) in [6.07, 6.45) is 3.80. The minimum atomic E-state index is -0.166. The molecule has 3 rings (SSSR count). The van der Waals surface area contributed by atoms with Crippen LogP contribution in [0.3, 0.4) is 0 Å². The van der Waals surface area contributed by atoms with Crippen molar-refractivity contribution >= 4 is 28.8 Å². The molecule has 0 radical (unpaired) electrons. The number of anilines is 4. The molecule has 0 fully saturated rings. The molecule has 2 aromatic carbocycles. The predicted octanol–water partition coefficient (Wildman–Crippen LogP) is 4.72. The quantitative estimate of drug-likeness (QED) is 0.502. The fourth-order valence-electron chi connectivity index (χ4n) is 2.69. The van der Waals surface area contributed by atoms with E-state index >= 15 is 0 Å². The molecular formula is C23H27N5O2. The number of aromatic nitrogens is 2. The number of amides is 1. The predicted molar refractivity (Wildman–Crippen MR) is 121 cm³/mol. The lowest BCUT2D eigenvalue weighted by atomic mass is 10.2. The normalized spacial score (nSPS) is 10.4. The van der Waals surface area contributed by atoms with Gasteiger partial charge >= 0.3 is 0 Å². The van der Waals surface area contributed by atoms with Gasteiger partial charge in [0.25, 0.3) is 5.91 Å². The third-order valence-corrected chi connectivity index (χ3v) is 4.45. The summed E-state index contributed by atoms with van der Waals surface area (Å²) in [6.45, 7) is 2.81. The molecule has 0 aliphatic heterocycles. The number of carbonyl (C=O) groups excluding carboxylic acids is 1. The molecule has 0 saturated heterocycles. The maximum Gasteiger partial charge on any atom is 0.255 e. The maximum absolute atomic E-state index is 12.5. The number of hydrogen-bond acceptors (Lipinski definition) is 6. The molecule has 0 unspecified atom stereocenters. The summed E-state index contributed by atoms with van der Waals surface area (Å²) in [7, 11) is 3.90. The standard InChI is InChI=1S/C23H27N5O2/c1-4-5-14-30-21-12-6-17(7-13-21)23(29)26-19-10-8-18(9-11-19)25-22-15-20(28(2)3)16-24-27-22/h6-13,15-16H,4-5,14H2,1-3H3,(H,25,27)(H,26,29). The van der Waals surface area contributed by atoms with Crippen LogP contribution in [0.2, 0.25) is 0 Å². The molecule has 0 bridgehead atoms. The van der Waals surface area contributed by atoms with E-state index in [1.165, 1.54) is 0 Å². The average Bonchev–Trinajstić information content (AvgIpc) is 2.76. The summed E-state index contributed by atoms with van der Waals surface area (Å²) in [5.41, 5.74) is 3.10. The van der Waals surface area contributed by atoms with E-state index in [2.05, 4.69) is 27.8 Å². The Morgan fingerprint density at radius 2 is 1.73 bits per heavy atom. The second-order valence-corrected chi connectivity index (χ2v) is 7.08. The van der Waals surface area contributed by atoms with Gasteiger partial charge in [-0.2, -0.15) is 5.10 Å². The lowest BCUT2D eigenvalue weighted by Gasteiger charge is -2.13. The number of ether oxygens (including phenoxy) is 1. The second kappa shape index (κ2) is 10.2. The molecule has 1 heterocycles. The summed E-state index contributed by atoms with van der Waals surface area (Å²) in [5.74, 6) is 1.26. The number of nitrogens with one attached hydrogen (secondary N) is 2. The van der Waals surface area contributed by atoms with E-state index in [0.29, 0.717) is 23.7 Å². The molecule has 0 atom stereocenters. The molecule has 0 aliphatic rings. The lowest BCUT2D eigenvalue weighted by molar-refractivity contribution is 0.102. The topological polar surface area (TPSA) is 79.4 Å². The van der Waals surface area contributed by atoms with Gasteiger partial charge in [0.2, 0.25) is 0 Å². The van der Waals surface area contributed by atoms with Gasteiger partial charge < -0.3 is 20.3 Å². The second-order valence-electron chi connectivity index (χ2n) is 7.08. The first-order chi connectivity index (χ1) is 14.5. The summed E-state index contributed by atoms with van der Waals surface area (Å²) >= 11 is 0. The highest BCUT2D eigenvalue weighted by Crippen LogP contribution is 2.21. The van der Waals surface area contributed by atoms with Crippen LogP contribution >= 0.6 is 0 Å². The van der Waals surface area contributed by atoms with Crippen molar-refractivity contribution in [3.63, 3.8) is 0 Å². The van der Waals surface area contributed by atoms with Crippen molar-refractivity contribution in [1.82, 2.24) is 10.2 Å². The molecule has 7 nitrogen and oxygen atoms in total. The van der Waals surface area contributed by atoms with Crippen molar-refractivity contribution in [1.29, 1.82) is 0 Å². The van der Waals surface area contributed by atoms with Crippen LogP contribution in [0.1, 0.15) is 30.1 Å². The first-order valence-electron chi connectivity index (χ1n) is 9.96. The summed E-state index contributed by atoms with van der Waals surface area (Å²) < 4.78 is 5.63. The minimum absolute atomic E-state index is 0.166. The van der Waals surface area contributed by atoms with Crippen LogP contribution in [0.5, 0.6) is 5.75 Å². The zero-order valence-electron chi connectivity index (χ0n) is 17.6. The molecule has 156 valence electrons. The van der Waals surface area contributed by atoms with Crippen LogP contribution in [0.4, 0.5) is 22.9 Å². The van der Waals surface area contributed by atoms with Crippen LogP contribution < -0.4 is 20.3 Å². The Bertz CT molecular complexity index is 956. The Labute approximate surface area is 177 Å². The molecule has 0 spiro atoms. The Morgan fingerprint density at radius 3 is 2.40 bits per heavy atom. The van der Waals surface area contributed by atoms with Gasteiger partial charge in [0.1, 0.15) is 5.75 Å². The monoisotopic (exact) mass is 405 g/mol. The molecule has 1 amide bonds. The van der Waals surface area contributed by atoms with Gasteiger partial charge in [-0.3, -0.25) is 4.79 Å². The molecule has 3 aromatic rings. The summed E-state index contributed by atoms with van der Waals surface area (Å²) in [5, 5.41) is 14.2. The Morgan fingerprint density at radius 1 is 1.03 bits per heavy atom. The van der Waals surface area contributed by atoms with Crippen molar-refractivity contribution in [3.8, 4) is 5.75 Å². The fourth-order valence-corrected chi connectivity index (χ4v) is 2.69. The van der Waals surface area contributed by atoms with Crippen molar-refractivity contribution in [2.75, 3.05) is 36.2 Å². The largest absolute Gasteiger partial charge is 0.494 e. The molecule has 1 aromatic heterocycles. The van der Waals surface area contributed by atoms with Crippen molar-refractivity contribution in [3.05, 3.63) is 66.4 Å². The van der Waals surface area contributed by atoms with Gasteiger partial charge in [0.05, 0.1) is 18.5 Å². The van der Waals surface area contributed by atoms with Crippen LogP contribution in [0.15, 0.2) is 60.8 Å². The molecule has 30 heavy (non-hydrogen) atoms. The molecule has 0 saturated carbocycles. The number of unbranched alkanes of at least 4 members (excludes halogenated alkanes) is 1. The molecule has 7 heteroatoms. The number of hydrogen-bond donors (Lipinski definition) is 2. The van der Waals surface area contributed by atoms with E-state index in [-0.39, 0.29) is 5.91 Å². The fraction of sp³-hybridized carbons (Fsp3) is 0.261. The SMILES string of the molecule is CCCCOc1ccc(C(=O)Nc2ccc(Nc3cc(N(C)C)cnn3)cc2)cc1. The zero-order valence-corrected chi connectivity index (χ0v) is 17.6. The Kier molecular flexibility index (Phi) is 7.21. The smallest absolute Gasteiger partial charge is 0.255 e. The average molecular weight is 406 g/mol. The molecular weight excluding hydrogens is 378 g/mol. The zero-order chi connectivity index (χ0) is 21.3. The van der Waals surface area contributed by atoms with E-state index in [1.807, 2.05) is 61.5 Å².